The summed E-state index contributed by atoms with van der Waals surface area (Å²) in [5.41, 5.74) is 0.847. The van der Waals surface area contributed by atoms with Crippen LogP contribution in [0.2, 0.25) is 0 Å². The lowest BCUT2D eigenvalue weighted by Gasteiger charge is -2.38. The molecule has 0 amide bonds. The monoisotopic (exact) mass is 248 g/mol. The highest BCUT2D eigenvalue weighted by molar-refractivity contribution is 5.45. The molecule has 1 unspecified atom stereocenters. The van der Waals surface area contributed by atoms with Crippen LogP contribution in [0.1, 0.15) is 6.92 Å². The molecule has 1 fully saturated rings. The third-order valence-electron chi connectivity index (χ3n) is 3.52. The van der Waals surface area contributed by atoms with Crippen LogP contribution in [-0.4, -0.2) is 48.8 Å². The Morgan fingerprint density at radius 1 is 1.17 bits per heavy atom. The van der Waals surface area contributed by atoms with Gasteiger partial charge in [0.1, 0.15) is 0 Å². The van der Waals surface area contributed by atoms with Crippen molar-refractivity contribution in [2.24, 2.45) is 0 Å². The van der Waals surface area contributed by atoms with E-state index in [2.05, 4.69) is 9.80 Å². The van der Waals surface area contributed by atoms with Crippen LogP contribution >= 0.6 is 0 Å². The molecule has 1 aromatic rings. The molecule has 98 valence electrons. The fourth-order valence-electron chi connectivity index (χ4n) is 2.30. The summed E-state index contributed by atoms with van der Waals surface area (Å²) in [6, 6.07) is 9.24. The van der Waals surface area contributed by atoms with Crippen LogP contribution in [0.4, 0.5) is 5.69 Å². The number of aliphatic hydroxyl groups excluding tert-OH is 1. The number of rotatable bonds is 3. The maximum Gasteiger partial charge on any atom is 0.201 e. The third-order valence-corrected chi connectivity index (χ3v) is 3.52. The summed E-state index contributed by atoms with van der Waals surface area (Å²) in [6.45, 7) is 5.66. The number of aliphatic hydroxyl groups is 1. The van der Waals surface area contributed by atoms with Crippen LogP contribution in [0, 0.1) is 0 Å². The minimum absolute atomic E-state index is 0.0728. The molecule has 4 heteroatoms. The summed E-state index contributed by atoms with van der Waals surface area (Å²) in [5, 5.41) is 9.14. The van der Waals surface area contributed by atoms with E-state index in [9.17, 15) is 4.79 Å². The lowest BCUT2D eigenvalue weighted by atomic mass is 10.2. The van der Waals surface area contributed by atoms with Gasteiger partial charge in [0.2, 0.25) is 5.43 Å². The van der Waals surface area contributed by atoms with Gasteiger partial charge in [-0.05, 0) is 19.1 Å². The second kappa shape index (κ2) is 5.98. The van der Waals surface area contributed by atoms with Crippen LogP contribution in [0.5, 0.6) is 0 Å². The molecule has 0 radical (unpaired) electrons. The van der Waals surface area contributed by atoms with Gasteiger partial charge in [-0.25, -0.2) is 0 Å². The molecule has 4 nitrogen and oxygen atoms in total. The zero-order chi connectivity index (χ0) is 13.0. The molecule has 1 aliphatic heterocycles. The molecule has 0 saturated carbocycles. The van der Waals surface area contributed by atoms with Crippen molar-refractivity contribution >= 4 is 5.69 Å². The molecule has 1 heterocycles. The van der Waals surface area contributed by atoms with E-state index < -0.39 is 0 Å². The van der Waals surface area contributed by atoms with E-state index in [4.69, 9.17) is 5.11 Å². The molecule has 0 aromatic heterocycles. The van der Waals surface area contributed by atoms with Gasteiger partial charge in [0.15, 0.2) is 0 Å². The van der Waals surface area contributed by atoms with E-state index in [0.717, 1.165) is 31.9 Å². The van der Waals surface area contributed by atoms with Gasteiger partial charge in [0.25, 0.3) is 0 Å². The SMILES string of the molecule is CC(CO)N1CCN(c2cccccc2=O)CC1. The van der Waals surface area contributed by atoms with E-state index in [1.807, 2.05) is 25.1 Å². The maximum atomic E-state index is 11.9. The van der Waals surface area contributed by atoms with Gasteiger partial charge >= 0.3 is 0 Å². The lowest BCUT2D eigenvalue weighted by molar-refractivity contribution is 0.128. The summed E-state index contributed by atoms with van der Waals surface area (Å²) in [6.07, 6.45) is 0. The Labute approximate surface area is 107 Å². The van der Waals surface area contributed by atoms with Gasteiger partial charge < -0.3 is 10.0 Å². The molecule has 0 spiro atoms. The molecule has 1 N–H and O–H groups in total. The van der Waals surface area contributed by atoms with Crippen LogP contribution in [-0.2, 0) is 0 Å². The van der Waals surface area contributed by atoms with E-state index in [1.54, 1.807) is 12.1 Å². The van der Waals surface area contributed by atoms with Crippen LogP contribution in [0.3, 0.4) is 0 Å². The van der Waals surface area contributed by atoms with Crippen LogP contribution in [0.15, 0.2) is 35.1 Å². The maximum absolute atomic E-state index is 11.9. The molecular weight excluding hydrogens is 228 g/mol. The first-order valence-corrected chi connectivity index (χ1v) is 6.41. The molecule has 1 aliphatic rings. The van der Waals surface area contributed by atoms with Crippen molar-refractivity contribution in [2.45, 2.75) is 13.0 Å². The fourth-order valence-corrected chi connectivity index (χ4v) is 2.30. The van der Waals surface area contributed by atoms with Crippen molar-refractivity contribution in [2.75, 3.05) is 37.7 Å². The van der Waals surface area contributed by atoms with Gasteiger partial charge in [-0.1, -0.05) is 18.2 Å². The van der Waals surface area contributed by atoms with Crippen LogP contribution in [0.25, 0.3) is 0 Å². The van der Waals surface area contributed by atoms with Crippen molar-refractivity contribution in [3.8, 4) is 0 Å². The quantitative estimate of drug-likeness (QED) is 0.848. The summed E-state index contributed by atoms with van der Waals surface area (Å²) in [7, 11) is 0. The molecular formula is C14H20N2O2. The average Bonchev–Trinajstić information content (AvgIpc) is 2.63. The predicted molar refractivity (Wildman–Crippen MR) is 73.0 cm³/mol. The number of anilines is 1. The standard InChI is InChI=1S/C14H20N2O2/c1-12(11-17)15-7-9-16(10-8-15)13-5-3-2-4-6-14(13)18/h2-6,12,17H,7-11H2,1H3. The van der Waals surface area contributed by atoms with E-state index in [1.165, 1.54) is 0 Å². The third kappa shape index (κ3) is 2.89. The first kappa shape index (κ1) is 13.1. The largest absolute Gasteiger partial charge is 0.395 e. The Bertz CT molecular complexity index is 442. The lowest BCUT2D eigenvalue weighted by Crippen LogP contribution is -2.51. The summed E-state index contributed by atoms with van der Waals surface area (Å²) in [5.74, 6) is 0. The Kier molecular flexibility index (Phi) is 4.33. The van der Waals surface area contributed by atoms with Gasteiger partial charge in [-0.15, -0.1) is 0 Å². The highest BCUT2D eigenvalue weighted by Crippen LogP contribution is 2.12. The second-order valence-corrected chi connectivity index (χ2v) is 4.71. The average molecular weight is 248 g/mol. The Hall–Kier alpha value is -1.39. The van der Waals surface area contributed by atoms with Crippen molar-refractivity contribution in [1.82, 2.24) is 4.90 Å². The number of hydrogen-bond acceptors (Lipinski definition) is 4. The molecule has 0 bridgehead atoms. The number of nitrogens with zero attached hydrogens (tertiary/aromatic N) is 2. The van der Waals surface area contributed by atoms with Gasteiger partial charge in [0, 0.05) is 32.2 Å². The summed E-state index contributed by atoms with van der Waals surface area (Å²) < 4.78 is 0. The van der Waals surface area contributed by atoms with E-state index >= 15 is 0 Å². The van der Waals surface area contributed by atoms with Gasteiger partial charge in [-0.3, -0.25) is 9.69 Å². The topological polar surface area (TPSA) is 43.8 Å². The van der Waals surface area contributed by atoms with Crippen molar-refractivity contribution in [3.63, 3.8) is 0 Å². The van der Waals surface area contributed by atoms with Gasteiger partial charge in [0.05, 0.1) is 12.3 Å². The van der Waals surface area contributed by atoms with Gasteiger partial charge in [-0.2, -0.15) is 0 Å². The van der Waals surface area contributed by atoms with Crippen molar-refractivity contribution < 1.29 is 5.11 Å². The van der Waals surface area contributed by atoms with Crippen molar-refractivity contribution in [1.29, 1.82) is 0 Å². The van der Waals surface area contributed by atoms with Crippen molar-refractivity contribution in [3.05, 3.63) is 40.6 Å². The van der Waals surface area contributed by atoms with Crippen LogP contribution < -0.4 is 10.3 Å². The number of hydrogen-bond donors (Lipinski definition) is 1. The highest BCUT2D eigenvalue weighted by Gasteiger charge is 2.21. The molecule has 0 aliphatic carbocycles. The predicted octanol–water partition coefficient (Wildman–Crippen LogP) is 0.550. The first-order chi connectivity index (χ1) is 8.72. The molecule has 1 aromatic carbocycles. The minimum Gasteiger partial charge on any atom is -0.395 e. The molecule has 1 saturated heterocycles. The highest BCUT2D eigenvalue weighted by atomic mass is 16.3. The normalized spacial score (nSPS) is 18.7. The fraction of sp³-hybridized carbons (Fsp3) is 0.500. The Morgan fingerprint density at radius 2 is 1.83 bits per heavy atom. The van der Waals surface area contributed by atoms with E-state index in [-0.39, 0.29) is 18.1 Å². The molecule has 18 heavy (non-hydrogen) atoms. The summed E-state index contributed by atoms with van der Waals surface area (Å²) >= 11 is 0. The molecule has 1 atom stereocenters. The molecule has 2 rings (SSSR count). The van der Waals surface area contributed by atoms with E-state index in [0.29, 0.717) is 0 Å². The minimum atomic E-state index is 0.0728. The Morgan fingerprint density at radius 3 is 2.50 bits per heavy atom. The first-order valence-electron chi connectivity index (χ1n) is 6.41. The second-order valence-electron chi connectivity index (χ2n) is 4.71. The zero-order valence-electron chi connectivity index (χ0n) is 10.7. The smallest absolute Gasteiger partial charge is 0.201 e. The summed E-state index contributed by atoms with van der Waals surface area (Å²) in [4.78, 5) is 16.3. The number of piperazine rings is 1. The zero-order valence-corrected chi connectivity index (χ0v) is 10.7. The Balaban J connectivity index is 2.06.